The first-order valence-corrected chi connectivity index (χ1v) is 13.8. The van der Waals surface area contributed by atoms with Crippen molar-refractivity contribution in [2.24, 2.45) is 4.99 Å². The van der Waals surface area contributed by atoms with Crippen molar-refractivity contribution in [3.05, 3.63) is 77.4 Å². The van der Waals surface area contributed by atoms with E-state index in [1.807, 2.05) is 19.9 Å². The largest absolute Gasteiger partial charge is 0.493 e. The number of carbonyl (C=O) groups excluding carboxylic acids is 1. The summed E-state index contributed by atoms with van der Waals surface area (Å²) in [6.45, 7) is 4.45. The Morgan fingerprint density at radius 1 is 1.12 bits per heavy atom. The molecule has 1 atom stereocenters. The molecule has 2 aromatic carbocycles. The van der Waals surface area contributed by atoms with Crippen molar-refractivity contribution in [1.82, 2.24) is 4.57 Å². The summed E-state index contributed by atoms with van der Waals surface area (Å²) in [6, 6.07) is 9.89. The maximum atomic E-state index is 13.8. The number of rotatable bonds is 10. The summed E-state index contributed by atoms with van der Waals surface area (Å²) >= 11 is 4.64. The second kappa shape index (κ2) is 12.8. The Kier molecular flexibility index (Phi) is 9.29. The number of ether oxygens (including phenoxy) is 5. The molecule has 0 N–H and O–H groups in total. The van der Waals surface area contributed by atoms with Gasteiger partial charge in [0.05, 0.1) is 48.1 Å². The van der Waals surface area contributed by atoms with Gasteiger partial charge in [0.2, 0.25) is 0 Å². The summed E-state index contributed by atoms with van der Waals surface area (Å²) in [5, 5.41) is 8.87. The number of thiazole rings is 1. The highest BCUT2D eigenvalue weighted by Gasteiger charge is 2.31. The van der Waals surface area contributed by atoms with Crippen LogP contribution in [0.2, 0.25) is 0 Å². The fourth-order valence-corrected chi connectivity index (χ4v) is 5.75. The molecule has 208 valence electrons. The molecule has 0 bridgehead atoms. The second-order valence-electron chi connectivity index (χ2n) is 8.23. The van der Waals surface area contributed by atoms with Gasteiger partial charge in [-0.15, -0.1) is 0 Å². The molecule has 1 aromatic heterocycles. The van der Waals surface area contributed by atoms with Crippen molar-refractivity contribution in [2.75, 3.05) is 34.0 Å². The minimum absolute atomic E-state index is 0.147. The first kappa shape index (κ1) is 28.9. The van der Waals surface area contributed by atoms with Gasteiger partial charge in [0.1, 0.15) is 6.07 Å². The molecule has 0 saturated carbocycles. The van der Waals surface area contributed by atoms with E-state index in [-0.39, 0.29) is 17.7 Å². The van der Waals surface area contributed by atoms with Crippen LogP contribution in [0.4, 0.5) is 0 Å². The molecular formula is C28H26BrN3O7S. The molecule has 0 radical (unpaired) electrons. The lowest BCUT2D eigenvalue weighted by molar-refractivity contribution is -0.136. The number of nitriles is 1. The van der Waals surface area contributed by atoms with Crippen molar-refractivity contribution in [3.8, 4) is 29.1 Å². The number of esters is 1. The molecule has 0 saturated heterocycles. The molecule has 0 fully saturated rings. The molecule has 2 heterocycles. The monoisotopic (exact) mass is 627 g/mol. The number of hydrogen-bond acceptors (Lipinski definition) is 10. The van der Waals surface area contributed by atoms with Gasteiger partial charge in [0.25, 0.3) is 5.56 Å². The van der Waals surface area contributed by atoms with E-state index in [4.69, 9.17) is 28.9 Å². The van der Waals surface area contributed by atoms with Gasteiger partial charge in [-0.25, -0.2) is 9.79 Å². The van der Waals surface area contributed by atoms with E-state index in [1.54, 1.807) is 36.4 Å². The van der Waals surface area contributed by atoms with Crippen LogP contribution in [0.3, 0.4) is 0 Å². The molecule has 10 nitrogen and oxygen atoms in total. The predicted molar refractivity (Wildman–Crippen MR) is 152 cm³/mol. The Hall–Kier alpha value is -4.08. The Labute approximate surface area is 242 Å². The smallest absolute Gasteiger partial charge is 0.337 e. The van der Waals surface area contributed by atoms with Crippen molar-refractivity contribution < 1.29 is 28.5 Å². The van der Waals surface area contributed by atoms with E-state index < -0.39 is 12.0 Å². The van der Waals surface area contributed by atoms with Crippen LogP contribution in [0.25, 0.3) is 6.08 Å². The maximum Gasteiger partial charge on any atom is 0.337 e. The van der Waals surface area contributed by atoms with Crippen LogP contribution < -0.4 is 33.8 Å². The summed E-state index contributed by atoms with van der Waals surface area (Å²) in [5.41, 5.74) is 1.16. The van der Waals surface area contributed by atoms with Gasteiger partial charge in [-0.3, -0.25) is 9.36 Å². The lowest BCUT2D eigenvalue weighted by Gasteiger charge is -2.23. The van der Waals surface area contributed by atoms with Crippen molar-refractivity contribution >= 4 is 39.3 Å². The van der Waals surface area contributed by atoms with E-state index in [1.165, 1.54) is 36.3 Å². The minimum atomic E-state index is -0.802. The summed E-state index contributed by atoms with van der Waals surface area (Å²) in [5.74, 6) is 1.24. The van der Waals surface area contributed by atoms with Gasteiger partial charge in [-0.05, 0) is 71.2 Å². The highest BCUT2D eigenvalue weighted by molar-refractivity contribution is 9.10. The van der Waals surface area contributed by atoms with Crippen molar-refractivity contribution in [3.63, 3.8) is 0 Å². The summed E-state index contributed by atoms with van der Waals surface area (Å²) in [7, 11) is 2.77. The number of fused-ring (bicyclic) bond motifs is 1. The third-order valence-corrected chi connectivity index (χ3v) is 7.42. The van der Waals surface area contributed by atoms with Gasteiger partial charge in [-0.1, -0.05) is 17.4 Å². The standard InChI is InChI=1S/C28H26BrN3O7S/c1-5-37-20-8-7-17(14-21(20)38-6-2)24-18(27(34)36-4)15-31-28-32(24)26(33)23(40-28)13-16-11-19(29)25(39-10-9-30)22(12-16)35-3/h7-8,11-15,24H,5-6,10H2,1-4H3/b23-13-/t24-/m1/s1. The number of carbonyl (C=O) groups is 1. The summed E-state index contributed by atoms with van der Waals surface area (Å²) in [6.07, 6.45) is 3.14. The molecule has 40 heavy (non-hydrogen) atoms. The molecule has 0 amide bonds. The third-order valence-electron chi connectivity index (χ3n) is 5.84. The average Bonchev–Trinajstić information content (AvgIpc) is 3.27. The van der Waals surface area contributed by atoms with Gasteiger partial charge in [0, 0.05) is 6.20 Å². The normalized spacial score (nSPS) is 14.3. The highest BCUT2D eigenvalue weighted by Crippen LogP contribution is 2.37. The predicted octanol–water partition coefficient (Wildman–Crippen LogP) is 3.49. The van der Waals surface area contributed by atoms with Crippen LogP contribution in [-0.4, -0.2) is 44.6 Å². The SMILES string of the molecule is CCOc1ccc([C@@H]2C(C(=O)OC)=CN=c3s/c(=C\c4cc(Br)c(OCC#N)c(OC)c4)c(=O)n32)cc1OCC. The molecule has 3 aromatic rings. The molecule has 0 aliphatic carbocycles. The molecular weight excluding hydrogens is 602 g/mol. The van der Waals surface area contributed by atoms with E-state index in [2.05, 4.69) is 20.9 Å². The fourth-order valence-electron chi connectivity index (χ4n) is 4.21. The number of aromatic nitrogens is 1. The van der Waals surface area contributed by atoms with Crippen LogP contribution in [-0.2, 0) is 9.53 Å². The Bertz CT molecular complexity index is 1690. The zero-order valence-electron chi connectivity index (χ0n) is 22.2. The van der Waals surface area contributed by atoms with E-state index in [9.17, 15) is 9.59 Å². The number of benzene rings is 2. The zero-order valence-corrected chi connectivity index (χ0v) is 24.6. The zero-order chi connectivity index (χ0) is 28.8. The Balaban J connectivity index is 1.88. The second-order valence-corrected chi connectivity index (χ2v) is 10.1. The quantitative estimate of drug-likeness (QED) is 0.313. The number of methoxy groups -OCH3 is 2. The van der Waals surface area contributed by atoms with Crippen LogP contribution >= 0.6 is 27.3 Å². The lowest BCUT2D eigenvalue weighted by Crippen LogP contribution is -2.39. The average molecular weight is 629 g/mol. The summed E-state index contributed by atoms with van der Waals surface area (Å²) < 4.78 is 29.8. The number of nitrogens with zero attached hydrogens (tertiary/aromatic N) is 3. The minimum Gasteiger partial charge on any atom is -0.493 e. The van der Waals surface area contributed by atoms with Crippen molar-refractivity contribution in [1.29, 1.82) is 5.26 Å². The van der Waals surface area contributed by atoms with E-state index in [0.717, 1.165) is 0 Å². The number of halogens is 1. The van der Waals surface area contributed by atoms with Gasteiger partial charge < -0.3 is 23.7 Å². The van der Waals surface area contributed by atoms with Crippen LogP contribution in [0.5, 0.6) is 23.0 Å². The Morgan fingerprint density at radius 3 is 2.55 bits per heavy atom. The molecule has 1 aliphatic heterocycles. The lowest BCUT2D eigenvalue weighted by atomic mass is 9.97. The molecule has 1 aliphatic rings. The first-order valence-electron chi connectivity index (χ1n) is 12.2. The van der Waals surface area contributed by atoms with Crippen LogP contribution in [0, 0.1) is 11.3 Å². The van der Waals surface area contributed by atoms with Crippen LogP contribution in [0.1, 0.15) is 31.0 Å². The van der Waals surface area contributed by atoms with Gasteiger partial charge in [0.15, 0.2) is 34.4 Å². The summed E-state index contributed by atoms with van der Waals surface area (Å²) in [4.78, 5) is 31.4. The van der Waals surface area contributed by atoms with Crippen LogP contribution in [0.15, 0.2) is 56.4 Å². The van der Waals surface area contributed by atoms with E-state index in [0.29, 0.717) is 61.1 Å². The molecule has 4 rings (SSSR count). The maximum absolute atomic E-state index is 13.8. The topological polar surface area (TPSA) is 121 Å². The third kappa shape index (κ3) is 5.76. The number of hydrogen-bond donors (Lipinski definition) is 0. The first-order chi connectivity index (χ1) is 19.4. The van der Waals surface area contributed by atoms with E-state index >= 15 is 0 Å². The Morgan fingerprint density at radius 2 is 1.88 bits per heavy atom. The fraction of sp³-hybridized carbons (Fsp3) is 0.286. The van der Waals surface area contributed by atoms with Gasteiger partial charge >= 0.3 is 5.97 Å². The van der Waals surface area contributed by atoms with Crippen molar-refractivity contribution in [2.45, 2.75) is 19.9 Å². The van der Waals surface area contributed by atoms with Gasteiger partial charge in [-0.2, -0.15) is 5.26 Å². The highest BCUT2D eigenvalue weighted by atomic mass is 79.9. The molecule has 0 unspecified atom stereocenters. The molecule has 0 spiro atoms. The molecule has 12 heteroatoms.